The smallest absolute Gasteiger partial charge is 0.262 e. The molecule has 2 atom stereocenters. The molecule has 2 heterocycles. The summed E-state index contributed by atoms with van der Waals surface area (Å²) in [5.74, 6) is 0.267. The number of nitrogens with zero attached hydrogens (tertiary/aromatic N) is 2. The van der Waals surface area contributed by atoms with E-state index in [2.05, 4.69) is 30.2 Å². The fourth-order valence-electron chi connectivity index (χ4n) is 3.17. The fourth-order valence-corrected chi connectivity index (χ4v) is 5.11. The molecule has 0 saturated carbocycles. The van der Waals surface area contributed by atoms with Crippen LogP contribution in [0.5, 0.6) is 0 Å². The molecular weight excluding hydrogens is 402 g/mol. The lowest BCUT2D eigenvalue weighted by Gasteiger charge is -2.18. The number of rotatable bonds is 6. The molecular formula is C22H27N3O2S2. The second kappa shape index (κ2) is 8.71. The maximum Gasteiger partial charge on any atom is 0.262 e. The van der Waals surface area contributed by atoms with Crippen LogP contribution in [-0.4, -0.2) is 20.7 Å². The van der Waals surface area contributed by atoms with E-state index in [-0.39, 0.29) is 11.5 Å². The van der Waals surface area contributed by atoms with Crippen molar-refractivity contribution < 1.29 is 4.79 Å². The molecule has 1 aromatic carbocycles. The van der Waals surface area contributed by atoms with Gasteiger partial charge in [0.15, 0.2) is 5.16 Å². The molecule has 3 rings (SSSR count). The maximum absolute atomic E-state index is 12.9. The van der Waals surface area contributed by atoms with Crippen LogP contribution >= 0.6 is 23.1 Å². The Bertz CT molecular complexity index is 1120. The number of hydrogen-bond acceptors (Lipinski definition) is 5. The monoisotopic (exact) mass is 429 g/mol. The predicted octanol–water partition coefficient (Wildman–Crippen LogP) is 5.24. The van der Waals surface area contributed by atoms with Crippen molar-refractivity contribution in [2.75, 3.05) is 5.32 Å². The highest BCUT2D eigenvalue weighted by atomic mass is 32.2. The average Bonchev–Trinajstić information content (AvgIpc) is 2.99. The molecule has 29 heavy (non-hydrogen) atoms. The van der Waals surface area contributed by atoms with Crippen molar-refractivity contribution in [2.45, 2.75) is 57.4 Å². The summed E-state index contributed by atoms with van der Waals surface area (Å²) in [4.78, 5) is 32.2. The van der Waals surface area contributed by atoms with Crippen molar-refractivity contribution >= 4 is 44.9 Å². The normalized spacial score (nSPS) is 13.4. The second-order valence-electron chi connectivity index (χ2n) is 7.37. The van der Waals surface area contributed by atoms with Crippen molar-refractivity contribution in [3.63, 3.8) is 0 Å². The summed E-state index contributed by atoms with van der Waals surface area (Å²) in [6.07, 6.45) is 1.00. The van der Waals surface area contributed by atoms with Gasteiger partial charge in [0.25, 0.3) is 5.56 Å². The number of para-hydroxylation sites is 1. The van der Waals surface area contributed by atoms with E-state index in [4.69, 9.17) is 0 Å². The van der Waals surface area contributed by atoms with Crippen LogP contribution in [0.2, 0.25) is 0 Å². The van der Waals surface area contributed by atoms with Crippen LogP contribution in [0, 0.1) is 13.8 Å². The molecule has 1 amide bonds. The first-order chi connectivity index (χ1) is 13.7. The van der Waals surface area contributed by atoms with Crippen molar-refractivity contribution in [1.82, 2.24) is 9.55 Å². The van der Waals surface area contributed by atoms with Crippen LogP contribution in [0.15, 0.2) is 34.2 Å². The summed E-state index contributed by atoms with van der Waals surface area (Å²) in [6.45, 7) is 10.1. The van der Waals surface area contributed by atoms with Gasteiger partial charge in [0.2, 0.25) is 5.91 Å². The van der Waals surface area contributed by atoms with Gasteiger partial charge in [0.05, 0.1) is 10.6 Å². The molecule has 0 spiro atoms. The SMILES string of the molecule is CCC(C)c1ccccc1NC(=O)C(C)Sc1nc2sc(C)c(C)c2c(=O)n1C. The maximum atomic E-state index is 12.9. The lowest BCUT2D eigenvalue weighted by molar-refractivity contribution is -0.115. The molecule has 0 radical (unpaired) electrons. The number of benzene rings is 1. The minimum atomic E-state index is -0.391. The van der Waals surface area contributed by atoms with E-state index in [0.29, 0.717) is 16.5 Å². The highest BCUT2D eigenvalue weighted by Crippen LogP contribution is 2.30. The molecule has 3 aromatic rings. The Kier molecular flexibility index (Phi) is 6.49. The minimum Gasteiger partial charge on any atom is -0.325 e. The highest BCUT2D eigenvalue weighted by Gasteiger charge is 2.21. The van der Waals surface area contributed by atoms with Crippen LogP contribution in [0.3, 0.4) is 0 Å². The first-order valence-electron chi connectivity index (χ1n) is 9.77. The number of thiophene rings is 1. The van der Waals surface area contributed by atoms with Gasteiger partial charge in [-0.1, -0.05) is 43.8 Å². The zero-order chi connectivity index (χ0) is 21.3. The van der Waals surface area contributed by atoms with E-state index < -0.39 is 5.25 Å². The summed E-state index contributed by atoms with van der Waals surface area (Å²) in [7, 11) is 1.71. The molecule has 1 N–H and O–H groups in total. The van der Waals surface area contributed by atoms with Crippen molar-refractivity contribution in [3.8, 4) is 0 Å². The molecule has 5 nitrogen and oxygen atoms in total. The number of carbonyl (C=O) groups is 1. The number of aryl methyl sites for hydroxylation is 2. The summed E-state index contributed by atoms with van der Waals surface area (Å²) in [5, 5.41) is 3.90. The zero-order valence-corrected chi connectivity index (χ0v) is 19.3. The van der Waals surface area contributed by atoms with Gasteiger partial charge in [-0.2, -0.15) is 0 Å². The van der Waals surface area contributed by atoms with E-state index in [9.17, 15) is 9.59 Å². The Balaban J connectivity index is 1.84. The molecule has 2 unspecified atom stereocenters. The van der Waals surface area contributed by atoms with Crippen LogP contribution in [0.1, 0.15) is 49.1 Å². The average molecular weight is 430 g/mol. The first kappa shape index (κ1) is 21.6. The van der Waals surface area contributed by atoms with Crippen LogP contribution in [0.4, 0.5) is 5.69 Å². The number of aromatic nitrogens is 2. The first-order valence-corrected chi connectivity index (χ1v) is 11.5. The number of anilines is 1. The molecule has 7 heteroatoms. The Hall–Kier alpha value is -2.12. The second-order valence-corrected chi connectivity index (χ2v) is 9.88. The summed E-state index contributed by atoms with van der Waals surface area (Å²) in [6, 6.07) is 7.92. The predicted molar refractivity (Wildman–Crippen MR) is 123 cm³/mol. The Morgan fingerprint density at radius 1 is 1.28 bits per heavy atom. The topological polar surface area (TPSA) is 64.0 Å². The third-order valence-corrected chi connectivity index (χ3v) is 7.63. The Morgan fingerprint density at radius 2 is 1.97 bits per heavy atom. The minimum absolute atomic E-state index is 0.0610. The van der Waals surface area contributed by atoms with Crippen LogP contribution in [-0.2, 0) is 11.8 Å². The van der Waals surface area contributed by atoms with Gasteiger partial charge in [-0.25, -0.2) is 4.98 Å². The zero-order valence-electron chi connectivity index (χ0n) is 17.7. The van der Waals surface area contributed by atoms with E-state index in [1.807, 2.05) is 39.0 Å². The molecule has 0 aliphatic rings. The summed E-state index contributed by atoms with van der Waals surface area (Å²) < 4.78 is 1.54. The molecule has 0 aliphatic heterocycles. The van der Waals surface area contributed by atoms with Gasteiger partial charge in [-0.3, -0.25) is 14.2 Å². The van der Waals surface area contributed by atoms with E-state index >= 15 is 0 Å². The standard InChI is InChI=1S/C22H27N3O2S2/c1-7-12(2)16-10-8-9-11-17(16)23-19(26)15(5)29-22-24-20-18(21(27)25(22)6)13(3)14(4)28-20/h8-12,15H,7H2,1-6H3,(H,23,26). The molecule has 154 valence electrons. The van der Waals surface area contributed by atoms with Crippen molar-refractivity contribution in [3.05, 3.63) is 50.6 Å². The third kappa shape index (κ3) is 4.26. The largest absolute Gasteiger partial charge is 0.325 e. The van der Waals surface area contributed by atoms with Gasteiger partial charge in [0.1, 0.15) is 4.83 Å². The Morgan fingerprint density at radius 3 is 2.66 bits per heavy atom. The summed E-state index contributed by atoms with van der Waals surface area (Å²) >= 11 is 2.83. The highest BCUT2D eigenvalue weighted by molar-refractivity contribution is 8.00. The molecule has 0 fully saturated rings. The number of nitrogens with one attached hydrogen (secondary N) is 1. The lowest BCUT2D eigenvalue weighted by atomic mass is 9.97. The van der Waals surface area contributed by atoms with Gasteiger partial charge in [-0.15, -0.1) is 11.3 Å². The van der Waals surface area contributed by atoms with Crippen molar-refractivity contribution in [1.29, 1.82) is 0 Å². The Labute approximate surface area is 179 Å². The fraction of sp³-hybridized carbons (Fsp3) is 0.409. The van der Waals surface area contributed by atoms with Gasteiger partial charge < -0.3 is 5.32 Å². The van der Waals surface area contributed by atoms with E-state index in [0.717, 1.165) is 32.9 Å². The third-order valence-electron chi connectivity index (χ3n) is 5.38. The quantitative estimate of drug-likeness (QED) is 0.430. The number of fused-ring (bicyclic) bond motifs is 1. The van der Waals surface area contributed by atoms with E-state index in [1.165, 1.54) is 23.1 Å². The van der Waals surface area contributed by atoms with Gasteiger partial charge in [0, 0.05) is 17.6 Å². The van der Waals surface area contributed by atoms with Gasteiger partial charge in [-0.05, 0) is 50.3 Å². The van der Waals surface area contributed by atoms with Crippen LogP contribution < -0.4 is 10.9 Å². The molecule has 0 bridgehead atoms. The number of amides is 1. The molecule has 0 aliphatic carbocycles. The summed E-state index contributed by atoms with van der Waals surface area (Å²) in [5.41, 5.74) is 2.91. The molecule has 0 saturated heterocycles. The number of carbonyl (C=O) groups excluding carboxylic acids is 1. The van der Waals surface area contributed by atoms with Crippen molar-refractivity contribution in [2.24, 2.45) is 7.05 Å². The van der Waals surface area contributed by atoms with Gasteiger partial charge >= 0.3 is 0 Å². The lowest BCUT2D eigenvalue weighted by Crippen LogP contribution is -2.26. The number of hydrogen-bond donors (Lipinski definition) is 1. The van der Waals surface area contributed by atoms with Crippen LogP contribution in [0.25, 0.3) is 10.2 Å². The number of thioether (sulfide) groups is 1. The molecule has 2 aromatic heterocycles. The van der Waals surface area contributed by atoms with E-state index in [1.54, 1.807) is 11.6 Å².